The maximum Gasteiger partial charge on any atom is 0.291 e. The number of hydrogen-bond acceptors (Lipinski definition) is 4. The monoisotopic (exact) mass is 284 g/mol. The molecular formula is C11H13ClN4O3. The molecule has 19 heavy (non-hydrogen) atoms. The Morgan fingerprint density at radius 1 is 1.63 bits per heavy atom. The SMILES string of the molecule is COCCNC(=O)c1c[nH]n2c(=O)c(Cl)c(C)nc12. The molecule has 2 heterocycles. The quantitative estimate of drug-likeness (QED) is 0.794. The van der Waals surface area contributed by atoms with Crippen molar-refractivity contribution in [3.8, 4) is 0 Å². The van der Waals surface area contributed by atoms with E-state index in [2.05, 4.69) is 15.4 Å². The summed E-state index contributed by atoms with van der Waals surface area (Å²) < 4.78 is 5.98. The first kappa shape index (κ1) is 13.6. The van der Waals surface area contributed by atoms with E-state index in [0.717, 1.165) is 4.52 Å². The Labute approximate surface area is 113 Å². The van der Waals surface area contributed by atoms with E-state index in [1.165, 1.54) is 6.20 Å². The summed E-state index contributed by atoms with van der Waals surface area (Å²) in [6, 6.07) is 0. The normalized spacial score (nSPS) is 10.9. The lowest BCUT2D eigenvalue weighted by Crippen LogP contribution is -2.27. The van der Waals surface area contributed by atoms with Crippen molar-refractivity contribution in [2.75, 3.05) is 20.3 Å². The number of amides is 1. The topological polar surface area (TPSA) is 88.5 Å². The van der Waals surface area contributed by atoms with Gasteiger partial charge in [0.1, 0.15) is 10.6 Å². The zero-order valence-corrected chi connectivity index (χ0v) is 11.2. The number of hydrogen-bond donors (Lipinski definition) is 2. The highest BCUT2D eigenvalue weighted by molar-refractivity contribution is 6.31. The zero-order valence-electron chi connectivity index (χ0n) is 10.5. The number of fused-ring (bicyclic) bond motifs is 1. The lowest BCUT2D eigenvalue weighted by molar-refractivity contribution is 0.0938. The van der Waals surface area contributed by atoms with Gasteiger partial charge in [-0.15, -0.1) is 0 Å². The van der Waals surface area contributed by atoms with Crippen LogP contribution in [0, 0.1) is 6.92 Å². The van der Waals surface area contributed by atoms with Gasteiger partial charge in [0.05, 0.1) is 12.3 Å². The van der Waals surface area contributed by atoms with Gasteiger partial charge in [-0.1, -0.05) is 11.6 Å². The van der Waals surface area contributed by atoms with Crippen molar-refractivity contribution < 1.29 is 9.53 Å². The Hall–Kier alpha value is -1.86. The molecular weight excluding hydrogens is 272 g/mol. The molecule has 8 heteroatoms. The number of rotatable bonds is 4. The summed E-state index contributed by atoms with van der Waals surface area (Å²) in [7, 11) is 1.55. The van der Waals surface area contributed by atoms with Crippen molar-refractivity contribution in [1.82, 2.24) is 19.9 Å². The summed E-state index contributed by atoms with van der Waals surface area (Å²) in [5.41, 5.74) is 0.493. The van der Waals surface area contributed by atoms with Crippen LogP contribution in [0.5, 0.6) is 0 Å². The van der Waals surface area contributed by atoms with E-state index >= 15 is 0 Å². The van der Waals surface area contributed by atoms with Crippen LogP contribution in [-0.2, 0) is 4.74 Å². The van der Waals surface area contributed by atoms with Crippen LogP contribution in [0.2, 0.25) is 5.02 Å². The Bertz CT molecular complexity index is 676. The molecule has 0 unspecified atom stereocenters. The molecule has 2 aromatic rings. The average Bonchev–Trinajstić information content (AvgIpc) is 2.80. The summed E-state index contributed by atoms with van der Waals surface area (Å²) in [6.07, 6.45) is 1.42. The van der Waals surface area contributed by atoms with Crippen LogP contribution in [0.1, 0.15) is 16.1 Å². The molecule has 0 bridgehead atoms. The van der Waals surface area contributed by atoms with Crippen LogP contribution in [0.3, 0.4) is 0 Å². The second-order valence-corrected chi connectivity index (χ2v) is 4.29. The Morgan fingerprint density at radius 3 is 3.05 bits per heavy atom. The lowest BCUT2D eigenvalue weighted by atomic mass is 10.3. The standard InChI is InChI=1S/C11H13ClN4O3/c1-6-8(12)11(18)16-9(15-6)7(5-14-16)10(17)13-3-4-19-2/h5,14H,3-4H2,1-2H3,(H,13,17). The van der Waals surface area contributed by atoms with E-state index in [-0.39, 0.29) is 22.1 Å². The number of aromatic nitrogens is 3. The smallest absolute Gasteiger partial charge is 0.291 e. The number of methoxy groups -OCH3 is 1. The second-order valence-electron chi connectivity index (χ2n) is 3.91. The van der Waals surface area contributed by atoms with E-state index in [1.807, 2.05) is 0 Å². The van der Waals surface area contributed by atoms with Gasteiger partial charge in [0.2, 0.25) is 0 Å². The van der Waals surface area contributed by atoms with Crippen molar-refractivity contribution in [2.45, 2.75) is 6.92 Å². The first-order chi connectivity index (χ1) is 9.06. The second kappa shape index (κ2) is 5.41. The third-order valence-electron chi connectivity index (χ3n) is 2.61. The van der Waals surface area contributed by atoms with Crippen LogP contribution in [0.15, 0.2) is 11.0 Å². The lowest BCUT2D eigenvalue weighted by Gasteiger charge is -2.03. The Kier molecular flexibility index (Phi) is 3.87. The number of ether oxygens (including phenoxy) is 1. The van der Waals surface area contributed by atoms with Crippen molar-refractivity contribution in [1.29, 1.82) is 0 Å². The van der Waals surface area contributed by atoms with Crippen molar-refractivity contribution in [3.63, 3.8) is 0 Å². The van der Waals surface area contributed by atoms with Crippen LogP contribution in [0.25, 0.3) is 5.65 Å². The molecule has 2 aromatic heterocycles. The predicted octanol–water partition coefficient (Wildman–Crippen LogP) is 0.361. The van der Waals surface area contributed by atoms with Gasteiger partial charge in [-0.3, -0.25) is 14.7 Å². The van der Waals surface area contributed by atoms with Crippen LogP contribution >= 0.6 is 11.6 Å². The summed E-state index contributed by atoms with van der Waals surface area (Å²) in [4.78, 5) is 27.9. The van der Waals surface area contributed by atoms with Gasteiger partial charge in [-0.25, -0.2) is 4.98 Å². The van der Waals surface area contributed by atoms with Crippen LogP contribution < -0.4 is 10.9 Å². The molecule has 0 aliphatic heterocycles. The molecule has 0 atom stereocenters. The van der Waals surface area contributed by atoms with Gasteiger partial charge in [0.25, 0.3) is 11.5 Å². The van der Waals surface area contributed by atoms with Gasteiger partial charge in [-0.05, 0) is 6.92 Å². The largest absolute Gasteiger partial charge is 0.383 e. The van der Waals surface area contributed by atoms with E-state index in [0.29, 0.717) is 18.8 Å². The fourth-order valence-electron chi connectivity index (χ4n) is 1.63. The summed E-state index contributed by atoms with van der Waals surface area (Å²) in [6.45, 7) is 2.40. The van der Waals surface area contributed by atoms with Gasteiger partial charge in [0, 0.05) is 19.9 Å². The number of H-pyrrole nitrogens is 1. The molecule has 102 valence electrons. The highest BCUT2D eigenvalue weighted by Gasteiger charge is 2.16. The maximum atomic E-state index is 11.9. The molecule has 0 saturated heterocycles. The van der Waals surface area contributed by atoms with Crippen molar-refractivity contribution >= 4 is 23.2 Å². The minimum atomic E-state index is -0.430. The van der Waals surface area contributed by atoms with Crippen molar-refractivity contribution in [3.05, 3.63) is 32.8 Å². The molecule has 0 aliphatic carbocycles. The summed E-state index contributed by atoms with van der Waals surface area (Å²) in [5, 5.41) is 5.35. The van der Waals surface area contributed by atoms with Crippen molar-refractivity contribution in [2.24, 2.45) is 0 Å². The van der Waals surface area contributed by atoms with Gasteiger partial charge in [-0.2, -0.15) is 4.52 Å². The molecule has 0 aliphatic rings. The molecule has 2 N–H and O–H groups in total. The number of aryl methyl sites for hydroxylation is 1. The predicted molar refractivity (Wildman–Crippen MR) is 69.8 cm³/mol. The van der Waals surface area contributed by atoms with E-state index in [4.69, 9.17) is 16.3 Å². The minimum Gasteiger partial charge on any atom is -0.383 e. The first-order valence-electron chi connectivity index (χ1n) is 5.59. The van der Waals surface area contributed by atoms with Crippen LogP contribution in [-0.4, -0.2) is 40.8 Å². The van der Waals surface area contributed by atoms with Gasteiger partial charge >= 0.3 is 0 Å². The molecule has 7 nitrogen and oxygen atoms in total. The molecule has 2 rings (SSSR count). The Balaban J connectivity index is 2.40. The van der Waals surface area contributed by atoms with E-state index in [1.54, 1.807) is 14.0 Å². The minimum absolute atomic E-state index is 0.0330. The molecule has 0 fully saturated rings. The summed E-state index contributed by atoms with van der Waals surface area (Å²) in [5.74, 6) is -0.329. The molecule has 0 spiro atoms. The first-order valence-corrected chi connectivity index (χ1v) is 5.97. The average molecular weight is 285 g/mol. The van der Waals surface area contributed by atoms with E-state index < -0.39 is 5.56 Å². The molecule has 1 amide bonds. The highest BCUT2D eigenvalue weighted by Crippen LogP contribution is 2.11. The maximum absolute atomic E-state index is 11.9. The number of carbonyl (C=O) groups is 1. The number of halogens is 1. The number of nitrogens with one attached hydrogen (secondary N) is 2. The highest BCUT2D eigenvalue weighted by atomic mass is 35.5. The molecule has 0 radical (unpaired) electrons. The number of carbonyl (C=O) groups excluding carboxylic acids is 1. The fourth-order valence-corrected chi connectivity index (χ4v) is 1.76. The summed E-state index contributed by atoms with van der Waals surface area (Å²) >= 11 is 5.81. The fraction of sp³-hybridized carbons (Fsp3) is 0.364. The molecule has 0 aromatic carbocycles. The van der Waals surface area contributed by atoms with Gasteiger partial charge < -0.3 is 10.1 Å². The third kappa shape index (κ3) is 2.47. The number of aromatic amines is 1. The third-order valence-corrected chi connectivity index (χ3v) is 3.04. The van der Waals surface area contributed by atoms with Crippen LogP contribution in [0.4, 0.5) is 0 Å². The number of nitrogens with zero attached hydrogens (tertiary/aromatic N) is 2. The van der Waals surface area contributed by atoms with E-state index in [9.17, 15) is 9.59 Å². The Morgan fingerprint density at radius 2 is 2.37 bits per heavy atom. The van der Waals surface area contributed by atoms with Gasteiger partial charge in [0.15, 0.2) is 5.65 Å². The zero-order chi connectivity index (χ0) is 14.0. The molecule has 0 saturated carbocycles.